The molecular formula is C21H18N4. The summed E-state index contributed by atoms with van der Waals surface area (Å²) < 4.78 is 1.98. The number of imidazole rings is 1. The molecule has 0 radical (unpaired) electrons. The van der Waals surface area contributed by atoms with Crippen LogP contribution in [-0.4, -0.2) is 9.38 Å². The number of fused-ring (bicyclic) bond motifs is 1. The highest BCUT2D eigenvalue weighted by Crippen LogP contribution is 2.32. The summed E-state index contributed by atoms with van der Waals surface area (Å²) in [4.78, 5) is 4.78. The lowest BCUT2D eigenvalue weighted by Crippen LogP contribution is -1.84. The molecule has 2 heterocycles. The van der Waals surface area contributed by atoms with E-state index in [1.54, 1.807) is 0 Å². The first-order valence-corrected chi connectivity index (χ1v) is 8.23. The van der Waals surface area contributed by atoms with Gasteiger partial charge >= 0.3 is 0 Å². The Balaban J connectivity index is 1.87. The summed E-state index contributed by atoms with van der Waals surface area (Å²) in [6.45, 7) is 4.12. The molecular weight excluding hydrogens is 308 g/mol. The van der Waals surface area contributed by atoms with Crippen LogP contribution in [0.15, 0.2) is 83.2 Å². The minimum atomic E-state index is 0.738. The van der Waals surface area contributed by atoms with E-state index in [0.717, 1.165) is 28.4 Å². The van der Waals surface area contributed by atoms with Crippen LogP contribution in [0, 0.1) is 13.8 Å². The molecule has 4 nitrogen and oxygen atoms in total. The van der Waals surface area contributed by atoms with Gasteiger partial charge in [0.25, 0.3) is 0 Å². The van der Waals surface area contributed by atoms with Gasteiger partial charge in [-0.2, -0.15) is 0 Å². The highest BCUT2D eigenvalue weighted by atomic mass is 15.2. The lowest BCUT2D eigenvalue weighted by molar-refractivity contribution is 1.10. The highest BCUT2D eigenvalue weighted by Gasteiger charge is 2.13. The Hall–Kier alpha value is -3.27. The molecule has 2 aromatic carbocycles. The molecule has 0 aliphatic rings. The number of hydrogen-bond acceptors (Lipinski definition) is 3. The molecule has 4 rings (SSSR count). The van der Waals surface area contributed by atoms with E-state index in [1.165, 1.54) is 11.1 Å². The Bertz CT molecular complexity index is 1040. The van der Waals surface area contributed by atoms with Crippen molar-refractivity contribution in [2.24, 2.45) is 10.2 Å². The average Bonchev–Trinajstić information content (AvgIpc) is 2.99. The fourth-order valence-corrected chi connectivity index (χ4v) is 2.74. The number of azo groups is 1. The molecule has 0 aliphatic carbocycles. The first kappa shape index (κ1) is 15.3. The van der Waals surface area contributed by atoms with E-state index in [-0.39, 0.29) is 0 Å². The number of benzene rings is 2. The highest BCUT2D eigenvalue weighted by molar-refractivity contribution is 5.74. The monoisotopic (exact) mass is 326 g/mol. The van der Waals surface area contributed by atoms with Gasteiger partial charge in [0.15, 0.2) is 5.82 Å². The number of hydrogen-bond donors (Lipinski definition) is 0. The molecule has 0 aliphatic heterocycles. The van der Waals surface area contributed by atoms with Crippen LogP contribution in [0.4, 0.5) is 11.5 Å². The molecule has 4 heteroatoms. The first-order chi connectivity index (χ1) is 12.2. The fraction of sp³-hybridized carbons (Fsp3) is 0.0952. The standard InChI is InChI=1S/C21H18N4/c1-15-8-10-18(11-9-15)23-24-21-20(17-6-4-3-5-7-17)22-19-14-16(2)12-13-25(19)21/h3-14H,1-2H3. The van der Waals surface area contributed by atoms with Crippen molar-refractivity contribution in [2.75, 3.05) is 0 Å². The molecule has 122 valence electrons. The summed E-state index contributed by atoms with van der Waals surface area (Å²) in [7, 11) is 0. The van der Waals surface area contributed by atoms with Gasteiger partial charge in [0.1, 0.15) is 11.3 Å². The van der Waals surface area contributed by atoms with E-state index in [1.807, 2.05) is 71.3 Å². The minimum absolute atomic E-state index is 0.738. The SMILES string of the molecule is Cc1ccc(N=Nc2c(-c3ccccc3)nc3cc(C)ccn23)cc1. The summed E-state index contributed by atoms with van der Waals surface area (Å²) in [5, 5.41) is 8.94. The van der Waals surface area contributed by atoms with E-state index in [9.17, 15) is 0 Å². The number of rotatable bonds is 3. The summed E-state index contributed by atoms with van der Waals surface area (Å²) >= 11 is 0. The lowest BCUT2D eigenvalue weighted by atomic mass is 10.1. The summed E-state index contributed by atoms with van der Waals surface area (Å²) in [5.41, 5.74) is 5.93. The molecule has 0 unspecified atom stereocenters. The van der Waals surface area contributed by atoms with E-state index in [4.69, 9.17) is 4.98 Å². The second kappa shape index (κ2) is 6.32. The third-order valence-electron chi connectivity index (χ3n) is 4.10. The zero-order valence-electron chi connectivity index (χ0n) is 14.2. The van der Waals surface area contributed by atoms with Crippen LogP contribution in [-0.2, 0) is 0 Å². The number of aryl methyl sites for hydroxylation is 2. The Morgan fingerprint density at radius 3 is 2.32 bits per heavy atom. The van der Waals surface area contributed by atoms with E-state index < -0.39 is 0 Å². The van der Waals surface area contributed by atoms with Crippen molar-refractivity contribution in [3.8, 4) is 11.3 Å². The lowest BCUT2D eigenvalue weighted by Gasteiger charge is -2.00. The normalized spacial score (nSPS) is 11.4. The average molecular weight is 326 g/mol. The largest absolute Gasteiger partial charge is 0.283 e. The maximum Gasteiger partial charge on any atom is 0.187 e. The maximum atomic E-state index is 4.78. The van der Waals surface area contributed by atoms with Gasteiger partial charge in [-0.3, -0.25) is 4.40 Å². The van der Waals surface area contributed by atoms with Crippen molar-refractivity contribution >= 4 is 17.2 Å². The maximum absolute atomic E-state index is 4.78. The summed E-state index contributed by atoms with van der Waals surface area (Å²) in [6.07, 6.45) is 1.99. The quantitative estimate of drug-likeness (QED) is 0.424. The second-order valence-corrected chi connectivity index (χ2v) is 6.12. The zero-order valence-corrected chi connectivity index (χ0v) is 14.2. The second-order valence-electron chi connectivity index (χ2n) is 6.12. The smallest absolute Gasteiger partial charge is 0.187 e. The van der Waals surface area contributed by atoms with Crippen LogP contribution < -0.4 is 0 Å². The topological polar surface area (TPSA) is 42.0 Å². The molecule has 25 heavy (non-hydrogen) atoms. The van der Waals surface area contributed by atoms with Crippen LogP contribution in [0.25, 0.3) is 16.9 Å². The molecule has 0 atom stereocenters. The van der Waals surface area contributed by atoms with Crippen molar-refractivity contribution in [1.82, 2.24) is 9.38 Å². The Labute approximate surface area is 146 Å². The van der Waals surface area contributed by atoms with E-state index >= 15 is 0 Å². The Morgan fingerprint density at radius 1 is 0.800 bits per heavy atom. The summed E-state index contributed by atoms with van der Waals surface area (Å²) in [5.74, 6) is 0.738. The van der Waals surface area contributed by atoms with Crippen LogP contribution in [0.1, 0.15) is 11.1 Å². The molecule has 4 aromatic rings. The zero-order chi connectivity index (χ0) is 17.2. The van der Waals surface area contributed by atoms with Crippen molar-refractivity contribution in [1.29, 1.82) is 0 Å². The Morgan fingerprint density at radius 2 is 1.56 bits per heavy atom. The van der Waals surface area contributed by atoms with Crippen LogP contribution in [0.5, 0.6) is 0 Å². The van der Waals surface area contributed by atoms with Gasteiger partial charge in [-0.15, -0.1) is 10.2 Å². The number of nitrogens with zero attached hydrogens (tertiary/aromatic N) is 4. The summed E-state index contributed by atoms with van der Waals surface area (Å²) in [6, 6.07) is 22.2. The molecule has 0 amide bonds. The third kappa shape index (κ3) is 3.06. The first-order valence-electron chi connectivity index (χ1n) is 8.23. The van der Waals surface area contributed by atoms with Crippen molar-refractivity contribution in [2.45, 2.75) is 13.8 Å². The van der Waals surface area contributed by atoms with Gasteiger partial charge in [-0.1, -0.05) is 48.0 Å². The molecule has 0 spiro atoms. The van der Waals surface area contributed by atoms with Crippen molar-refractivity contribution in [3.63, 3.8) is 0 Å². The van der Waals surface area contributed by atoms with Gasteiger partial charge < -0.3 is 0 Å². The molecule has 0 saturated heterocycles. The number of pyridine rings is 1. The molecule has 0 fully saturated rings. The van der Waals surface area contributed by atoms with Crippen LogP contribution >= 0.6 is 0 Å². The van der Waals surface area contributed by atoms with Crippen molar-refractivity contribution in [3.05, 3.63) is 84.1 Å². The molecule has 0 saturated carbocycles. The molecule has 0 bridgehead atoms. The van der Waals surface area contributed by atoms with E-state index in [0.29, 0.717) is 0 Å². The fourth-order valence-electron chi connectivity index (χ4n) is 2.74. The molecule has 0 N–H and O–H groups in total. The van der Waals surface area contributed by atoms with E-state index in [2.05, 4.69) is 30.1 Å². The van der Waals surface area contributed by atoms with Crippen LogP contribution in [0.2, 0.25) is 0 Å². The predicted octanol–water partition coefficient (Wildman–Crippen LogP) is 6.03. The van der Waals surface area contributed by atoms with Crippen molar-refractivity contribution < 1.29 is 0 Å². The van der Waals surface area contributed by atoms with Gasteiger partial charge in [0.05, 0.1) is 5.69 Å². The Kier molecular flexibility index (Phi) is 3.86. The van der Waals surface area contributed by atoms with Gasteiger partial charge in [0, 0.05) is 11.8 Å². The van der Waals surface area contributed by atoms with Gasteiger partial charge in [-0.05, 0) is 43.7 Å². The van der Waals surface area contributed by atoms with Gasteiger partial charge in [0.2, 0.25) is 0 Å². The van der Waals surface area contributed by atoms with Gasteiger partial charge in [-0.25, -0.2) is 4.98 Å². The third-order valence-corrected chi connectivity index (χ3v) is 4.10. The molecule has 2 aromatic heterocycles. The predicted molar refractivity (Wildman–Crippen MR) is 101 cm³/mol. The van der Waals surface area contributed by atoms with Crippen LogP contribution in [0.3, 0.4) is 0 Å². The minimum Gasteiger partial charge on any atom is -0.283 e. The number of aromatic nitrogens is 2.